The van der Waals surface area contributed by atoms with Crippen molar-refractivity contribution < 1.29 is 19.5 Å². The third-order valence-corrected chi connectivity index (χ3v) is 4.57. The van der Waals surface area contributed by atoms with Crippen LogP contribution in [0.25, 0.3) is 0 Å². The largest absolute Gasteiger partial charge is 0.481 e. The van der Waals surface area contributed by atoms with Gasteiger partial charge in [0.1, 0.15) is 0 Å². The Morgan fingerprint density at radius 3 is 2.52 bits per heavy atom. The van der Waals surface area contributed by atoms with Crippen molar-refractivity contribution in [3.05, 3.63) is 34.9 Å². The summed E-state index contributed by atoms with van der Waals surface area (Å²) in [7, 11) is 0. The van der Waals surface area contributed by atoms with E-state index in [0.717, 1.165) is 5.56 Å². The molecular weight excluding hydrogens is 346 g/mol. The lowest BCUT2D eigenvalue weighted by Crippen LogP contribution is -2.51. The van der Waals surface area contributed by atoms with Crippen LogP contribution in [0.4, 0.5) is 4.79 Å². The summed E-state index contributed by atoms with van der Waals surface area (Å²) in [5, 5.41) is 14.9. The summed E-state index contributed by atoms with van der Waals surface area (Å²) in [6.07, 6.45) is 1.21. The summed E-state index contributed by atoms with van der Waals surface area (Å²) in [5.41, 5.74) is 0.889. The van der Waals surface area contributed by atoms with Gasteiger partial charge in [0.05, 0.1) is 12.5 Å². The van der Waals surface area contributed by atoms with Crippen LogP contribution in [-0.2, 0) is 16.1 Å². The van der Waals surface area contributed by atoms with Crippen molar-refractivity contribution >= 4 is 29.5 Å². The lowest BCUT2D eigenvalue weighted by Gasteiger charge is -2.36. The SMILES string of the molecule is CC1CCC(C(=O)O)CN1C(=O)CNC(=O)NCc1ccc(Cl)cc1. The van der Waals surface area contributed by atoms with Crippen molar-refractivity contribution in [2.45, 2.75) is 32.4 Å². The monoisotopic (exact) mass is 367 g/mol. The van der Waals surface area contributed by atoms with Crippen LogP contribution in [0.5, 0.6) is 0 Å². The highest BCUT2D eigenvalue weighted by molar-refractivity contribution is 6.30. The van der Waals surface area contributed by atoms with Gasteiger partial charge in [0, 0.05) is 24.2 Å². The van der Waals surface area contributed by atoms with Crippen LogP contribution < -0.4 is 10.6 Å². The number of amides is 3. The molecular formula is C17H22ClN3O4. The van der Waals surface area contributed by atoms with Crippen LogP contribution in [0.3, 0.4) is 0 Å². The second-order valence-corrected chi connectivity index (χ2v) is 6.61. The molecule has 2 rings (SSSR count). The van der Waals surface area contributed by atoms with Crippen molar-refractivity contribution in [3.8, 4) is 0 Å². The fraction of sp³-hybridized carbons (Fsp3) is 0.471. The molecule has 3 N–H and O–H groups in total. The Morgan fingerprint density at radius 2 is 1.88 bits per heavy atom. The Balaban J connectivity index is 1.77. The molecule has 0 aliphatic carbocycles. The topological polar surface area (TPSA) is 98.7 Å². The quantitative estimate of drug-likeness (QED) is 0.739. The molecule has 1 aromatic rings. The average Bonchev–Trinajstić information content (AvgIpc) is 2.59. The van der Waals surface area contributed by atoms with Crippen LogP contribution in [0.15, 0.2) is 24.3 Å². The molecule has 1 heterocycles. The number of benzene rings is 1. The summed E-state index contributed by atoms with van der Waals surface area (Å²) >= 11 is 5.80. The number of hydrogen-bond donors (Lipinski definition) is 3. The summed E-state index contributed by atoms with van der Waals surface area (Å²) in [4.78, 5) is 36.7. The number of aliphatic carboxylic acids is 1. The maximum Gasteiger partial charge on any atom is 0.315 e. The van der Waals surface area contributed by atoms with Gasteiger partial charge >= 0.3 is 12.0 Å². The minimum atomic E-state index is -0.890. The number of urea groups is 1. The number of nitrogens with one attached hydrogen (secondary N) is 2. The minimum absolute atomic E-state index is 0.0259. The van der Waals surface area contributed by atoms with Crippen LogP contribution in [0, 0.1) is 5.92 Å². The first-order valence-corrected chi connectivity index (χ1v) is 8.53. The first-order valence-electron chi connectivity index (χ1n) is 8.15. The zero-order chi connectivity index (χ0) is 18.4. The number of likely N-dealkylation sites (tertiary alicyclic amines) is 1. The Morgan fingerprint density at radius 1 is 1.20 bits per heavy atom. The maximum atomic E-state index is 12.3. The third kappa shape index (κ3) is 5.63. The Labute approximate surface area is 151 Å². The van der Waals surface area contributed by atoms with Gasteiger partial charge in [-0.05, 0) is 37.5 Å². The molecule has 136 valence electrons. The molecule has 2 unspecified atom stereocenters. The van der Waals surface area contributed by atoms with Crippen LogP contribution in [0.1, 0.15) is 25.3 Å². The highest BCUT2D eigenvalue weighted by atomic mass is 35.5. The molecule has 1 aliphatic heterocycles. The molecule has 25 heavy (non-hydrogen) atoms. The van der Waals surface area contributed by atoms with Gasteiger partial charge in [-0.25, -0.2) is 4.79 Å². The molecule has 7 nitrogen and oxygen atoms in total. The lowest BCUT2D eigenvalue weighted by atomic mass is 9.93. The zero-order valence-corrected chi connectivity index (χ0v) is 14.8. The van der Waals surface area contributed by atoms with E-state index in [1.54, 1.807) is 24.3 Å². The molecule has 3 amide bonds. The van der Waals surface area contributed by atoms with E-state index in [1.807, 2.05) is 6.92 Å². The van der Waals surface area contributed by atoms with Crippen molar-refractivity contribution in [1.29, 1.82) is 0 Å². The van der Waals surface area contributed by atoms with E-state index in [9.17, 15) is 14.4 Å². The van der Waals surface area contributed by atoms with Gasteiger partial charge in [-0.1, -0.05) is 23.7 Å². The standard InChI is InChI=1S/C17H22ClN3O4/c1-11-2-5-13(16(23)24)10-21(11)15(22)9-20-17(25)19-8-12-3-6-14(18)7-4-12/h3-4,6-7,11,13H,2,5,8-10H2,1H3,(H,23,24)(H2,19,20,25). The number of carboxylic acid groups (broad SMARTS) is 1. The molecule has 0 radical (unpaired) electrons. The molecule has 8 heteroatoms. The van der Waals surface area contributed by atoms with E-state index in [4.69, 9.17) is 16.7 Å². The van der Waals surface area contributed by atoms with Gasteiger partial charge < -0.3 is 20.6 Å². The summed E-state index contributed by atoms with van der Waals surface area (Å²) < 4.78 is 0. The van der Waals surface area contributed by atoms with Crippen molar-refractivity contribution in [2.24, 2.45) is 5.92 Å². The predicted octanol–water partition coefficient (Wildman–Crippen LogP) is 1.85. The van der Waals surface area contributed by atoms with E-state index in [0.29, 0.717) is 24.4 Å². The third-order valence-electron chi connectivity index (χ3n) is 4.32. The Hall–Kier alpha value is -2.28. The normalized spacial score (nSPS) is 20.0. The summed E-state index contributed by atoms with van der Waals surface area (Å²) in [6.45, 7) is 2.22. The molecule has 0 bridgehead atoms. The zero-order valence-electron chi connectivity index (χ0n) is 14.0. The summed E-state index contributed by atoms with van der Waals surface area (Å²) in [6, 6.07) is 6.59. The number of rotatable bonds is 5. The van der Waals surface area contributed by atoms with Crippen molar-refractivity contribution in [2.75, 3.05) is 13.1 Å². The number of carboxylic acids is 1. The average molecular weight is 368 g/mol. The first-order chi connectivity index (χ1) is 11.9. The lowest BCUT2D eigenvalue weighted by molar-refractivity contribution is -0.146. The van der Waals surface area contributed by atoms with Gasteiger partial charge in [0.15, 0.2) is 0 Å². The van der Waals surface area contributed by atoms with E-state index in [-0.39, 0.29) is 25.0 Å². The molecule has 2 atom stereocenters. The minimum Gasteiger partial charge on any atom is -0.481 e. The fourth-order valence-corrected chi connectivity index (χ4v) is 2.89. The van der Waals surface area contributed by atoms with Crippen LogP contribution in [0.2, 0.25) is 5.02 Å². The highest BCUT2D eigenvalue weighted by Gasteiger charge is 2.32. The highest BCUT2D eigenvalue weighted by Crippen LogP contribution is 2.22. The van der Waals surface area contributed by atoms with Gasteiger partial charge in [0.25, 0.3) is 0 Å². The Bertz CT molecular complexity index is 635. The molecule has 1 aliphatic rings. The van der Waals surface area contributed by atoms with Crippen molar-refractivity contribution in [3.63, 3.8) is 0 Å². The molecule has 1 aromatic carbocycles. The summed E-state index contributed by atoms with van der Waals surface area (Å²) in [5.74, 6) is -1.71. The number of carbonyl (C=O) groups excluding carboxylic acids is 2. The Kier molecular flexibility index (Phi) is 6.64. The number of piperidine rings is 1. The number of nitrogens with zero attached hydrogens (tertiary/aromatic N) is 1. The molecule has 0 saturated carbocycles. The predicted molar refractivity (Wildman–Crippen MR) is 93.2 cm³/mol. The number of carbonyl (C=O) groups is 3. The van der Waals surface area contributed by atoms with Crippen LogP contribution in [-0.4, -0.2) is 47.0 Å². The van der Waals surface area contributed by atoms with Crippen molar-refractivity contribution in [1.82, 2.24) is 15.5 Å². The molecule has 0 aromatic heterocycles. The van der Waals surface area contributed by atoms with Crippen LogP contribution >= 0.6 is 11.6 Å². The smallest absolute Gasteiger partial charge is 0.315 e. The van der Waals surface area contributed by atoms with E-state index in [1.165, 1.54) is 4.90 Å². The van der Waals surface area contributed by atoms with E-state index >= 15 is 0 Å². The molecule has 1 fully saturated rings. The first kappa shape index (κ1) is 19.1. The van der Waals surface area contributed by atoms with E-state index in [2.05, 4.69) is 10.6 Å². The van der Waals surface area contributed by atoms with Gasteiger partial charge in [-0.2, -0.15) is 0 Å². The second kappa shape index (κ2) is 8.71. The van der Waals surface area contributed by atoms with Gasteiger partial charge in [-0.15, -0.1) is 0 Å². The second-order valence-electron chi connectivity index (χ2n) is 6.17. The fourth-order valence-electron chi connectivity index (χ4n) is 2.76. The van der Waals surface area contributed by atoms with Gasteiger partial charge in [0.2, 0.25) is 5.91 Å². The maximum absolute atomic E-state index is 12.3. The molecule has 1 saturated heterocycles. The van der Waals surface area contributed by atoms with E-state index < -0.39 is 17.9 Å². The molecule has 0 spiro atoms. The van der Waals surface area contributed by atoms with Gasteiger partial charge in [-0.3, -0.25) is 9.59 Å². The number of hydrogen-bond acceptors (Lipinski definition) is 3. The number of halogens is 1.